The van der Waals surface area contributed by atoms with E-state index in [1.165, 1.54) is 16.3 Å². The first-order chi connectivity index (χ1) is 17.6. The SMILES string of the molecule is Cc1ccc(C2CC(CCCNCCc3cccc4ccccc34)Oc3ccccc32)cc1C(=O)O. The first-order valence-electron chi connectivity index (χ1n) is 12.9. The molecule has 2 unspecified atom stereocenters. The van der Waals surface area contributed by atoms with Crippen molar-refractivity contribution >= 4 is 16.7 Å². The number of rotatable bonds is 9. The van der Waals surface area contributed by atoms with E-state index in [1.54, 1.807) is 0 Å². The molecular weight excluding hydrogens is 446 g/mol. The van der Waals surface area contributed by atoms with E-state index in [9.17, 15) is 9.90 Å². The summed E-state index contributed by atoms with van der Waals surface area (Å²) in [6.07, 6.45) is 3.97. The summed E-state index contributed by atoms with van der Waals surface area (Å²) in [4.78, 5) is 11.7. The number of nitrogens with one attached hydrogen (secondary N) is 1. The molecule has 0 bridgehead atoms. The number of fused-ring (bicyclic) bond motifs is 2. The van der Waals surface area contributed by atoms with Crippen molar-refractivity contribution in [3.8, 4) is 5.75 Å². The van der Waals surface area contributed by atoms with Crippen LogP contribution in [-0.2, 0) is 6.42 Å². The maximum atomic E-state index is 11.7. The van der Waals surface area contributed by atoms with Crippen molar-refractivity contribution in [2.24, 2.45) is 0 Å². The fourth-order valence-corrected chi connectivity index (χ4v) is 5.39. The molecule has 0 saturated heterocycles. The summed E-state index contributed by atoms with van der Waals surface area (Å²) in [6, 6.07) is 29.1. The predicted molar refractivity (Wildman–Crippen MR) is 145 cm³/mol. The van der Waals surface area contributed by atoms with Gasteiger partial charge in [0.2, 0.25) is 0 Å². The largest absolute Gasteiger partial charge is 0.490 e. The Morgan fingerprint density at radius 2 is 1.78 bits per heavy atom. The molecule has 0 spiro atoms. The second kappa shape index (κ2) is 11.0. The molecule has 0 radical (unpaired) electrons. The third-order valence-corrected chi connectivity index (χ3v) is 7.31. The highest BCUT2D eigenvalue weighted by molar-refractivity contribution is 5.89. The van der Waals surface area contributed by atoms with Gasteiger partial charge in [-0.3, -0.25) is 0 Å². The molecule has 184 valence electrons. The van der Waals surface area contributed by atoms with Gasteiger partial charge in [0.25, 0.3) is 0 Å². The molecule has 0 aliphatic carbocycles. The molecule has 0 fully saturated rings. The number of ether oxygens (including phenoxy) is 1. The smallest absolute Gasteiger partial charge is 0.335 e. The minimum Gasteiger partial charge on any atom is -0.490 e. The lowest BCUT2D eigenvalue weighted by atomic mass is 9.82. The summed E-state index contributed by atoms with van der Waals surface area (Å²) in [5, 5.41) is 15.9. The molecule has 36 heavy (non-hydrogen) atoms. The molecule has 5 rings (SSSR count). The van der Waals surface area contributed by atoms with Gasteiger partial charge in [0.15, 0.2) is 0 Å². The van der Waals surface area contributed by atoms with Gasteiger partial charge in [0.1, 0.15) is 5.75 Å². The molecule has 4 aromatic carbocycles. The second-order valence-electron chi connectivity index (χ2n) is 9.73. The number of aromatic carboxylic acids is 1. The van der Waals surface area contributed by atoms with Gasteiger partial charge in [-0.25, -0.2) is 4.79 Å². The lowest BCUT2D eigenvalue weighted by Gasteiger charge is -2.33. The molecule has 1 aliphatic rings. The van der Waals surface area contributed by atoms with Crippen molar-refractivity contribution in [3.63, 3.8) is 0 Å². The van der Waals surface area contributed by atoms with E-state index in [0.717, 1.165) is 61.2 Å². The lowest BCUT2D eigenvalue weighted by Crippen LogP contribution is -2.28. The second-order valence-corrected chi connectivity index (χ2v) is 9.73. The fraction of sp³-hybridized carbons (Fsp3) is 0.281. The third-order valence-electron chi connectivity index (χ3n) is 7.31. The van der Waals surface area contributed by atoms with Crippen molar-refractivity contribution in [2.75, 3.05) is 13.1 Å². The highest BCUT2D eigenvalue weighted by Crippen LogP contribution is 2.41. The summed E-state index contributed by atoms with van der Waals surface area (Å²) in [7, 11) is 0. The van der Waals surface area contributed by atoms with Gasteiger partial charge in [-0.2, -0.15) is 0 Å². The summed E-state index contributed by atoms with van der Waals surface area (Å²) in [5.74, 6) is 0.180. The Balaban J connectivity index is 1.18. The van der Waals surface area contributed by atoms with Crippen LogP contribution in [0.15, 0.2) is 84.9 Å². The molecule has 4 aromatic rings. The van der Waals surface area contributed by atoms with Gasteiger partial charge >= 0.3 is 5.97 Å². The Kier molecular flexibility index (Phi) is 7.33. The minimum absolute atomic E-state index is 0.111. The highest BCUT2D eigenvalue weighted by atomic mass is 16.5. The van der Waals surface area contributed by atoms with Crippen LogP contribution in [0.4, 0.5) is 0 Å². The number of para-hydroxylation sites is 1. The van der Waals surface area contributed by atoms with Crippen LogP contribution in [0.5, 0.6) is 5.75 Å². The third kappa shape index (κ3) is 5.29. The highest BCUT2D eigenvalue weighted by Gasteiger charge is 2.29. The molecule has 0 amide bonds. The van der Waals surface area contributed by atoms with Crippen LogP contribution < -0.4 is 10.1 Å². The van der Waals surface area contributed by atoms with E-state index in [-0.39, 0.29) is 12.0 Å². The van der Waals surface area contributed by atoms with Gasteiger partial charge < -0.3 is 15.2 Å². The van der Waals surface area contributed by atoms with E-state index in [2.05, 4.69) is 59.9 Å². The van der Waals surface area contributed by atoms with Crippen molar-refractivity contribution < 1.29 is 14.6 Å². The molecular formula is C32H33NO3. The number of hydrogen-bond acceptors (Lipinski definition) is 3. The zero-order valence-electron chi connectivity index (χ0n) is 20.7. The molecule has 0 saturated carbocycles. The number of carbonyl (C=O) groups is 1. The van der Waals surface area contributed by atoms with E-state index in [4.69, 9.17) is 4.74 Å². The summed E-state index contributed by atoms with van der Waals surface area (Å²) in [5.41, 5.74) is 4.74. The van der Waals surface area contributed by atoms with Gasteiger partial charge in [0.05, 0.1) is 11.7 Å². The number of carboxylic acid groups (broad SMARTS) is 1. The molecule has 1 heterocycles. The predicted octanol–water partition coefficient (Wildman–Crippen LogP) is 6.74. The van der Waals surface area contributed by atoms with E-state index >= 15 is 0 Å². The van der Waals surface area contributed by atoms with Gasteiger partial charge in [-0.15, -0.1) is 0 Å². The Morgan fingerprint density at radius 3 is 2.67 bits per heavy atom. The molecule has 1 aliphatic heterocycles. The van der Waals surface area contributed by atoms with Gasteiger partial charge in [-0.05, 0) is 85.3 Å². The van der Waals surface area contributed by atoms with Crippen molar-refractivity contribution in [1.82, 2.24) is 5.32 Å². The number of aryl methyl sites for hydroxylation is 1. The average molecular weight is 480 g/mol. The molecule has 4 heteroatoms. The quantitative estimate of drug-likeness (QED) is 0.261. The zero-order chi connectivity index (χ0) is 24.9. The number of hydrogen-bond donors (Lipinski definition) is 2. The Hall–Kier alpha value is -3.63. The first kappa shape index (κ1) is 24.1. The van der Waals surface area contributed by atoms with Crippen LogP contribution in [0.3, 0.4) is 0 Å². The maximum absolute atomic E-state index is 11.7. The Morgan fingerprint density at radius 1 is 0.972 bits per heavy atom. The average Bonchev–Trinajstić information content (AvgIpc) is 2.90. The summed E-state index contributed by atoms with van der Waals surface area (Å²) < 4.78 is 6.37. The number of benzene rings is 4. The van der Waals surface area contributed by atoms with Crippen LogP contribution in [-0.4, -0.2) is 30.3 Å². The first-order valence-corrected chi connectivity index (χ1v) is 12.9. The van der Waals surface area contributed by atoms with E-state index < -0.39 is 5.97 Å². The van der Waals surface area contributed by atoms with E-state index in [1.807, 2.05) is 37.3 Å². The monoisotopic (exact) mass is 479 g/mol. The van der Waals surface area contributed by atoms with Gasteiger partial charge in [0, 0.05) is 11.5 Å². The van der Waals surface area contributed by atoms with Crippen molar-refractivity contribution in [3.05, 3.63) is 113 Å². The maximum Gasteiger partial charge on any atom is 0.335 e. The summed E-state index contributed by atoms with van der Waals surface area (Å²) >= 11 is 0. The standard InChI is InChI=1S/C32H33NO3/c1-22-15-16-25(20-29(22)32(34)35)30-21-26(36-31-14-5-4-13-28(30)31)11-7-18-33-19-17-24-10-6-9-23-8-2-3-12-27(23)24/h2-6,8-10,12-16,20,26,30,33H,7,11,17-19,21H2,1H3,(H,34,35). The summed E-state index contributed by atoms with van der Waals surface area (Å²) in [6.45, 7) is 3.75. The van der Waals surface area contributed by atoms with Crippen molar-refractivity contribution in [1.29, 1.82) is 0 Å². The molecule has 2 atom stereocenters. The van der Waals surface area contributed by atoms with Crippen LogP contribution in [0.1, 0.15) is 57.8 Å². The molecule has 0 aromatic heterocycles. The van der Waals surface area contributed by atoms with Crippen LogP contribution >= 0.6 is 0 Å². The Labute approximate surface area is 212 Å². The van der Waals surface area contributed by atoms with E-state index in [0.29, 0.717) is 5.56 Å². The normalized spacial score (nSPS) is 16.9. The minimum atomic E-state index is -0.874. The van der Waals surface area contributed by atoms with Crippen LogP contribution in [0.2, 0.25) is 0 Å². The topological polar surface area (TPSA) is 58.6 Å². The van der Waals surface area contributed by atoms with Crippen molar-refractivity contribution in [2.45, 2.75) is 44.6 Å². The molecule has 2 N–H and O–H groups in total. The van der Waals surface area contributed by atoms with Gasteiger partial charge in [-0.1, -0.05) is 72.8 Å². The fourth-order valence-electron chi connectivity index (χ4n) is 5.39. The lowest BCUT2D eigenvalue weighted by molar-refractivity contribution is 0.0696. The zero-order valence-corrected chi connectivity index (χ0v) is 20.7. The Bertz CT molecular complexity index is 1360. The van der Waals surface area contributed by atoms with Crippen LogP contribution in [0, 0.1) is 6.92 Å². The molecule has 4 nitrogen and oxygen atoms in total. The van der Waals surface area contributed by atoms with Crippen LogP contribution in [0.25, 0.3) is 10.8 Å². The number of carboxylic acids is 1.